The van der Waals surface area contributed by atoms with E-state index in [0.717, 1.165) is 0 Å². The molecule has 0 saturated heterocycles. The van der Waals surface area contributed by atoms with Crippen LogP contribution >= 0.6 is 11.6 Å². The highest BCUT2D eigenvalue weighted by Gasteiger charge is 2.33. The second kappa shape index (κ2) is 6.19. The van der Waals surface area contributed by atoms with Crippen molar-refractivity contribution in [2.45, 2.75) is 38.0 Å². The van der Waals surface area contributed by atoms with Crippen LogP contribution in [0.1, 0.15) is 32.4 Å². The van der Waals surface area contributed by atoms with Gasteiger partial charge in [0.2, 0.25) is 0 Å². The molecule has 0 aliphatic rings. The van der Waals surface area contributed by atoms with E-state index < -0.39 is 28.6 Å². The molecule has 0 amide bonds. The van der Waals surface area contributed by atoms with Gasteiger partial charge in [-0.15, -0.1) is 4.72 Å². The molecule has 1 aromatic rings. The molecule has 0 aromatic heterocycles. The number of benzene rings is 1. The summed E-state index contributed by atoms with van der Waals surface area (Å²) in [5.41, 5.74) is 0.368. The first-order chi connectivity index (χ1) is 8.21. The van der Waals surface area contributed by atoms with Crippen LogP contribution in [0, 0.1) is 0 Å². The average Bonchev–Trinajstić information content (AvgIpc) is 2.25. The lowest BCUT2D eigenvalue weighted by molar-refractivity contribution is 0.109. The zero-order chi connectivity index (χ0) is 13.9. The van der Waals surface area contributed by atoms with Gasteiger partial charge in [-0.1, -0.05) is 23.7 Å². The summed E-state index contributed by atoms with van der Waals surface area (Å²) in [5, 5.41) is 0.476. The summed E-state index contributed by atoms with van der Waals surface area (Å²) < 4.78 is 39.7. The maximum absolute atomic E-state index is 13.0. The van der Waals surface area contributed by atoms with Gasteiger partial charge in [-0.25, -0.2) is 8.78 Å². The summed E-state index contributed by atoms with van der Waals surface area (Å²) in [4.78, 5) is 0. The van der Waals surface area contributed by atoms with Crippen molar-refractivity contribution in [3.05, 3.63) is 34.9 Å². The third kappa shape index (κ3) is 4.39. The maximum Gasteiger partial charge on any atom is 0.262 e. The van der Waals surface area contributed by atoms with E-state index in [1.165, 1.54) is 24.3 Å². The fourth-order valence-corrected chi connectivity index (χ4v) is 2.18. The Hall–Kier alpha value is -0.360. The Bertz CT molecular complexity index is 381. The van der Waals surface area contributed by atoms with Gasteiger partial charge >= 0.3 is 0 Å². The van der Waals surface area contributed by atoms with E-state index in [-0.39, 0.29) is 0 Å². The van der Waals surface area contributed by atoms with Gasteiger partial charge in [0, 0.05) is 16.4 Å². The third-order valence-electron chi connectivity index (χ3n) is 2.27. The maximum atomic E-state index is 13.0. The molecule has 18 heavy (non-hydrogen) atoms. The van der Waals surface area contributed by atoms with E-state index in [0.29, 0.717) is 10.6 Å². The normalized spacial score (nSPS) is 15.8. The van der Waals surface area contributed by atoms with Crippen LogP contribution in [0.2, 0.25) is 5.02 Å². The molecule has 0 aliphatic heterocycles. The number of rotatable bonds is 4. The van der Waals surface area contributed by atoms with E-state index in [1.807, 2.05) is 0 Å². The highest BCUT2D eigenvalue weighted by Crippen LogP contribution is 2.25. The van der Waals surface area contributed by atoms with E-state index in [1.54, 1.807) is 20.8 Å². The summed E-state index contributed by atoms with van der Waals surface area (Å²) in [6.07, 6.45) is -2.64. The molecule has 6 heteroatoms. The lowest BCUT2D eigenvalue weighted by Crippen LogP contribution is -2.43. The van der Waals surface area contributed by atoms with E-state index in [9.17, 15) is 13.3 Å². The zero-order valence-electron chi connectivity index (χ0n) is 10.4. The average molecular weight is 296 g/mol. The molecule has 0 aliphatic carbocycles. The topological polar surface area (TPSA) is 35.1 Å². The summed E-state index contributed by atoms with van der Waals surface area (Å²) >= 11 is 4.15. The minimum Gasteiger partial charge on any atom is -0.598 e. The zero-order valence-corrected chi connectivity index (χ0v) is 12.0. The van der Waals surface area contributed by atoms with Crippen LogP contribution in [-0.4, -0.2) is 15.7 Å². The van der Waals surface area contributed by atoms with Crippen LogP contribution in [0.5, 0.6) is 0 Å². The van der Waals surface area contributed by atoms with E-state index >= 15 is 0 Å². The largest absolute Gasteiger partial charge is 0.598 e. The van der Waals surface area contributed by atoms with Crippen molar-refractivity contribution in [2.75, 3.05) is 0 Å². The molecule has 1 rings (SSSR count). The summed E-state index contributed by atoms with van der Waals surface area (Å²) in [5.74, 6) is 0. The van der Waals surface area contributed by atoms with Gasteiger partial charge in [-0.05, 0) is 38.5 Å². The van der Waals surface area contributed by atoms with Crippen LogP contribution < -0.4 is 4.72 Å². The van der Waals surface area contributed by atoms with E-state index in [4.69, 9.17) is 11.6 Å². The Morgan fingerprint density at radius 3 is 2.11 bits per heavy atom. The Kier molecular flexibility index (Phi) is 5.40. The van der Waals surface area contributed by atoms with Gasteiger partial charge in [0.25, 0.3) is 6.43 Å². The quantitative estimate of drug-likeness (QED) is 0.860. The smallest absolute Gasteiger partial charge is 0.262 e. The van der Waals surface area contributed by atoms with Crippen molar-refractivity contribution in [2.24, 2.45) is 0 Å². The van der Waals surface area contributed by atoms with Crippen LogP contribution in [0.3, 0.4) is 0 Å². The van der Waals surface area contributed by atoms with Crippen LogP contribution in [0.4, 0.5) is 8.78 Å². The molecule has 0 fully saturated rings. The predicted octanol–water partition coefficient (Wildman–Crippen LogP) is 3.70. The highest BCUT2D eigenvalue weighted by molar-refractivity contribution is 7.90. The van der Waals surface area contributed by atoms with Crippen molar-refractivity contribution in [1.82, 2.24) is 4.72 Å². The van der Waals surface area contributed by atoms with Gasteiger partial charge in [0.15, 0.2) is 0 Å². The fraction of sp³-hybridized carbons (Fsp3) is 0.500. The van der Waals surface area contributed by atoms with Crippen molar-refractivity contribution >= 4 is 23.0 Å². The summed E-state index contributed by atoms with van der Waals surface area (Å²) in [6.45, 7) is 5.17. The van der Waals surface area contributed by atoms with Crippen molar-refractivity contribution < 1.29 is 13.3 Å². The van der Waals surface area contributed by atoms with Gasteiger partial charge in [0.05, 0.1) is 0 Å². The number of nitrogens with one attached hydrogen (secondary N) is 1. The van der Waals surface area contributed by atoms with Crippen molar-refractivity contribution in [3.8, 4) is 0 Å². The molecular formula is C12H16ClF2NOS. The van der Waals surface area contributed by atoms with Crippen LogP contribution in [0.25, 0.3) is 0 Å². The van der Waals surface area contributed by atoms with Crippen LogP contribution in [-0.2, 0) is 11.4 Å². The fourth-order valence-electron chi connectivity index (χ4n) is 1.23. The Morgan fingerprint density at radius 2 is 1.72 bits per heavy atom. The number of hydrogen-bond acceptors (Lipinski definition) is 2. The van der Waals surface area contributed by atoms with Gasteiger partial charge in [0.1, 0.15) is 10.8 Å². The summed E-state index contributed by atoms with van der Waals surface area (Å²) in [7, 11) is 0. The molecule has 2 atom stereocenters. The number of alkyl halides is 2. The second-order valence-corrected chi connectivity index (χ2v) is 7.30. The molecular weight excluding hydrogens is 280 g/mol. The monoisotopic (exact) mass is 295 g/mol. The van der Waals surface area contributed by atoms with E-state index in [2.05, 4.69) is 4.72 Å². The van der Waals surface area contributed by atoms with Gasteiger partial charge < -0.3 is 4.55 Å². The van der Waals surface area contributed by atoms with Gasteiger partial charge in [-0.2, -0.15) is 0 Å². The number of halogens is 3. The molecule has 2 unspecified atom stereocenters. The predicted molar refractivity (Wildman–Crippen MR) is 71.2 cm³/mol. The third-order valence-corrected chi connectivity index (χ3v) is 4.10. The Balaban J connectivity index is 2.87. The molecule has 2 nitrogen and oxygen atoms in total. The highest BCUT2D eigenvalue weighted by atomic mass is 35.5. The molecule has 0 radical (unpaired) electrons. The van der Waals surface area contributed by atoms with Crippen molar-refractivity contribution in [3.63, 3.8) is 0 Å². The first kappa shape index (κ1) is 15.7. The SMILES string of the molecule is CC(C)(C)[S+]([O-])NC(c1ccc(Cl)cc1)C(F)F. The molecule has 0 bridgehead atoms. The molecule has 1 aromatic carbocycles. The molecule has 1 N–H and O–H groups in total. The minimum atomic E-state index is -2.64. The molecule has 0 heterocycles. The standard InChI is InChI=1S/C12H16ClF2NOS/c1-12(2,3)18(17)16-10(11(14)15)8-4-6-9(13)7-5-8/h4-7,10-11,16H,1-3H3. The lowest BCUT2D eigenvalue weighted by Gasteiger charge is -2.27. The molecule has 102 valence electrons. The summed E-state index contributed by atoms with van der Waals surface area (Å²) in [6, 6.07) is 4.82. The van der Waals surface area contributed by atoms with Crippen molar-refractivity contribution in [1.29, 1.82) is 0 Å². The molecule has 0 spiro atoms. The van der Waals surface area contributed by atoms with Gasteiger partial charge in [-0.3, -0.25) is 0 Å². The Morgan fingerprint density at radius 1 is 1.22 bits per heavy atom. The van der Waals surface area contributed by atoms with Crippen LogP contribution in [0.15, 0.2) is 24.3 Å². The minimum absolute atomic E-state index is 0.368. The Labute approximate surface area is 114 Å². The first-order valence-corrected chi connectivity index (χ1v) is 6.96. The lowest BCUT2D eigenvalue weighted by atomic mass is 10.1. The first-order valence-electron chi connectivity index (χ1n) is 5.43. The molecule has 0 saturated carbocycles. The number of hydrogen-bond donors (Lipinski definition) is 1. The second-order valence-electron chi connectivity index (χ2n) is 4.86.